The van der Waals surface area contributed by atoms with Gasteiger partial charge in [0, 0.05) is 23.7 Å². The van der Waals surface area contributed by atoms with E-state index in [0.29, 0.717) is 17.9 Å². The number of aromatic amines is 1. The fourth-order valence-corrected chi connectivity index (χ4v) is 4.36. The number of fused-ring (bicyclic) bond motifs is 1. The minimum atomic E-state index is -5.37. The number of nitrogens with zero attached hydrogens (tertiary/aromatic N) is 2. The van der Waals surface area contributed by atoms with Crippen LogP contribution >= 0.6 is 0 Å². The van der Waals surface area contributed by atoms with E-state index in [1.807, 2.05) is 12.1 Å². The molecule has 0 spiro atoms. The first-order chi connectivity index (χ1) is 13.7. The monoisotopic (exact) mass is 428 g/mol. The van der Waals surface area contributed by atoms with Gasteiger partial charge in [0.15, 0.2) is 0 Å². The van der Waals surface area contributed by atoms with E-state index in [2.05, 4.69) is 9.97 Å². The second-order valence-electron chi connectivity index (χ2n) is 7.28. The second kappa shape index (κ2) is 7.13. The maximum Gasteiger partial charge on any atom is 0.511 e. The SMILES string of the molecule is O=CN(c1cc(C2=CCC(NS(=O)(=O)C(F)(F)F)CC2)c2cc[nH]c2n1)C1CC1. The molecule has 0 bridgehead atoms. The number of carbonyl (C=O) groups is 1. The molecule has 2 aliphatic carbocycles. The van der Waals surface area contributed by atoms with Crippen LogP contribution in [-0.4, -0.2) is 42.4 Å². The molecule has 0 aliphatic heterocycles. The Morgan fingerprint density at radius 2 is 2.03 bits per heavy atom. The van der Waals surface area contributed by atoms with Gasteiger partial charge in [0.25, 0.3) is 0 Å². The third-order valence-electron chi connectivity index (χ3n) is 5.22. The minimum absolute atomic E-state index is 0.141. The van der Waals surface area contributed by atoms with Gasteiger partial charge in [-0.2, -0.15) is 13.2 Å². The van der Waals surface area contributed by atoms with Crippen molar-refractivity contribution in [3.63, 3.8) is 0 Å². The molecule has 0 aromatic carbocycles. The van der Waals surface area contributed by atoms with Crippen LogP contribution in [0.1, 0.15) is 37.7 Å². The smallest absolute Gasteiger partial charge is 0.346 e. The van der Waals surface area contributed by atoms with Gasteiger partial charge < -0.3 is 4.98 Å². The Morgan fingerprint density at radius 3 is 2.62 bits per heavy atom. The highest BCUT2D eigenvalue weighted by atomic mass is 32.2. The van der Waals surface area contributed by atoms with Crippen molar-refractivity contribution < 1.29 is 26.4 Å². The molecule has 2 aliphatic rings. The molecule has 2 heterocycles. The third-order valence-corrected chi connectivity index (χ3v) is 6.47. The van der Waals surface area contributed by atoms with Crippen LogP contribution in [0.15, 0.2) is 24.4 Å². The molecule has 4 rings (SSSR count). The number of hydrogen-bond donors (Lipinski definition) is 2. The lowest BCUT2D eigenvalue weighted by Crippen LogP contribution is -2.43. The normalized spacial score (nSPS) is 20.5. The number of amides is 1. The molecule has 1 atom stereocenters. The Hall–Kier alpha value is -2.40. The number of allylic oxidation sites excluding steroid dienone is 1. The van der Waals surface area contributed by atoms with Crippen molar-refractivity contribution in [1.82, 2.24) is 14.7 Å². The van der Waals surface area contributed by atoms with Crippen molar-refractivity contribution in [1.29, 1.82) is 0 Å². The molecule has 156 valence electrons. The molecule has 29 heavy (non-hydrogen) atoms. The van der Waals surface area contributed by atoms with Crippen LogP contribution in [0.3, 0.4) is 0 Å². The summed E-state index contributed by atoms with van der Waals surface area (Å²) in [5.41, 5.74) is -2.97. The predicted octanol–water partition coefficient (Wildman–Crippen LogP) is 3.06. The number of hydrogen-bond acceptors (Lipinski definition) is 4. The Kier molecular flexibility index (Phi) is 4.89. The lowest BCUT2D eigenvalue weighted by Gasteiger charge is -2.24. The Bertz CT molecular complexity index is 1070. The van der Waals surface area contributed by atoms with E-state index >= 15 is 0 Å². The van der Waals surface area contributed by atoms with Gasteiger partial charge in [-0.25, -0.2) is 18.1 Å². The highest BCUT2D eigenvalue weighted by Crippen LogP contribution is 2.36. The number of sulfonamides is 1. The van der Waals surface area contributed by atoms with Crippen LogP contribution < -0.4 is 9.62 Å². The van der Waals surface area contributed by atoms with Crippen molar-refractivity contribution in [2.45, 2.75) is 49.7 Å². The number of aromatic nitrogens is 2. The lowest BCUT2D eigenvalue weighted by atomic mass is 9.90. The molecule has 0 saturated heterocycles. The minimum Gasteiger partial charge on any atom is -0.346 e. The topological polar surface area (TPSA) is 95.2 Å². The van der Waals surface area contributed by atoms with Crippen molar-refractivity contribution in [2.75, 3.05) is 4.90 Å². The molecule has 2 N–H and O–H groups in total. The number of H-pyrrole nitrogens is 1. The van der Waals surface area contributed by atoms with Crippen LogP contribution in [0.5, 0.6) is 0 Å². The zero-order valence-corrected chi connectivity index (χ0v) is 16.1. The van der Waals surface area contributed by atoms with Gasteiger partial charge in [0.05, 0.1) is 0 Å². The van der Waals surface area contributed by atoms with Gasteiger partial charge in [0.1, 0.15) is 11.5 Å². The average Bonchev–Trinajstić information content (AvgIpc) is 3.37. The van der Waals surface area contributed by atoms with Crippen LogP contribution in [0, 0.1) is 0 Å². The number of anilines is 1. The number of alkyl halides is 3. The molecular formula is C18H19F3N4O3S. The quantitative estimate of drug-likeness (QED) is 0.692. The van der Waals surface area contributed by atoms with E-state index < -0.39 is 21.6 Å². The molecular weight excluding hydrogens is 409 g/mol. The summed E-state index contributed by atoms with van der Waals surface area (Å²) in [5, 5.41) is 0.843. The average molecular weight is 428 g/mol. The van der Waals surface area contributed by atoms with E-state index in [1.165, 1.54) is 0 Å². The number of carbonyl (C=O) groups excluding carboxylic acids is 1. The van der Waals surface area contributed by atoms with Crippen LogP contribution in [0.2, 0.25) is 0 Å². The molecule has 2 aromatic rings. The molecule has 2 aromatic heterocycles. The summed E-state index contributed by atoms with van der Waals surface area (Å²) in [4.78, 5) is 20.6. The van der Waals surface area contributed by atoms with E-state index in [4.69, 9.17) is 0 Å². The summed E-state index contributed by atoms with van der Waals surface area (Å²) in [6, 6.07) is 2.99. The fourth-order valence-electron chi connectivity index (χ4n) is 3.57. The molecule has 1 unspecified atom stereocenters. The van der Waals surface area contributed by atoms with Crippen molar-refractivity contribution in [2.24, 2.45) is 0 Å². The number of nitrogens with one attached hydrogen (secondary N) is 2. The standard InChI is InChI=1S/C18H19F3N4O3S/c19-18(20,21)29(27,28)24-12-3-1-11(2-4-12)15-9-16(25(10-26)13-5-6-13)23-17-14(15)7-8-22-17/h1,7-10,12-13,24H,2-6H2,(H,22,23). The number of halogens is 3. The molecule has 7 nitrogen and oxygen atoms in total. The first-order valence-corrected chi connectivity index (χ1v) is 10.7. The molecule has 1 amide bonds. The van der Waals surface area contributed by atoms with E-state index in [1.54, 1.807) is 21.9 Å². The predicted molar refractivity (Wildman–Crippen MR) is 101 cm³/mol. The maximum absolute atomic E-state index is 12.6. The van der Waals surface area contributed by atoms with Crippen molar-refractivity contribution in [3.05, 3.63) is 30.0 Å². The summed E-state index contributed by atoms with van der Waals surface area (Å²) < 4.78 is 62.1. The lowest BCUT2D eigenvalue weighted by molar-refractivity contribution is -0.107. The van der Waals surface area contributed by atoms with Gasteiger partial charge in [-0.05, 0) is 55.4 Å². The number of rotatable bonds is 6. The second-order valence-corrected chi connectivity index (χ2v) is 8.98. The summed E-state index contributed by atoms with van der Waals surface area (Å²) >= 11 is 0. The van der Waals surface area contributed by atoms with Crippen LogP contribution in [0.4, 0.5) is 19.0 Å². The van der Waals surface area contributed by atoms with Gasteiger partial charge in [-0.3, -0.25) is 9.69 Å². The van der Waals surface area contributed by atoms with Crippen molar-refractivity contribution in [3.8, 4) is 0 Å². The summed E-state index contributed by atoms with van der Waals surface area (Å²) in [6.45, 7) is 0. The summed E-state index contributed by atoms with van der Waals surface area (Å²) in [7, 11) is -5.37. The van der Waals surface area contributed by atoms with Gasteiger partial charge in [-0.1, -0.05) is 6.08 Å². The Balaban J connectivity index is 1.61. The first kappa shape index (κ1) is 19.9. The maximum atomic E-state index is 12.6. The summed E-state index contributed by atoms with van der Waals surface area (Å²) in [5.74, 6) is 0.522. The molecule has 1 saturated carbocycles. The highest BCUT2D eigenvalue weighted by Gasteiger charge is 2.46. The molecule has 1 fully saturated rings. The Morgan fingerprint density at radius 1 is 1.28 bits per heavy atom. The van der Waals surface area contributed by atoms with Crippen LogP contribution in [-0.2, 0) is 14.8 Å². The number of pyridine rings is 1. The molecule has 0 radical (unpaired) electrons. The van der Waals surface area contributed by atoms with E-state index in [9.17, 15) is 26.4 Å². The zero-order valence-electron chi connectivity index (χ0n) is 15.2. The van der Waals surface area contributed by atoms with Gasteiger partial charge >= 0.3 is 15.5 Å². The largest absolute Gasteiger partial charge is 0.511 e. The van der Waals surface area contributed by atoms with Crippen LogP contribution in [0.25, 0.3) is 16.6 Å². The van der Waals surface area contributed by atoms with E-state index in [0.717, 1.165) is 35.8 Å². The van der Waals surface area contributed by atoms with E-state index in [-0.39, 0.29) is 18.9 Å². The highest BCUT2D eigenvalue weighted by molar-refractivity contribution is 7.90. The zero-order chi connectivity index (χ0) is 20.8. The third kappa shape index (κ3) is 3.88. The molecule has 11 heteroatoms. The summed E-state index contributed by atoms with van der Waals surface area (Å²) in [6.07, 6.45) is 6.87. The Labute approximate surface area is 165 Å². The van der Waals surface area contributed by atoms with Gasteiger partial charge in [0.2, 0.25) is 6.41 Å². The van der Waals surface area contributed by atoms with Gasteiger partial charge in [-0.15, -0.1) is 0 Å². The van der Waals surface area contributed by atoms with Crippen molar-refractivity contribution >= 4 is 38.9 Å². The fraction of sp³-hybridized carbons (Fsp3) is 0.444. The first-order valence-electron chi connectivity index (χ1n) is 9.19.